The lowest BCUT2D eigenvalue weighted by Crippen LogP contribution is -2.45. The number of nitrogens with two attached hydrogens (primary N) is 1. The van der Waals surface area contributed by atoms with Crippen molar-refractivity contribution in [1.82, 2.24) is 4.31 Å². The SMILES string of the molecule is C[C@H](N)[C@@H]1CCCN(S(=O)(=O)c2ccc(F)cc2Cl)C1. The van der Waals surface area contributed by atoms with Gasteiger partial charge in [0.05, 0.1) is 5.02 Å². The predicted octanol–water partition coefficient (Wildman–Crippen LogP) is 2.23. The van der Waals surface area contributed by atoms with Gasteiger partial charge in [0.15, 0.2) is 0 Å². The van der Waals surface area contributed by atoms with E-state index < -0.39 is 15.8 Å². The molecule has 2 N–H and O–H groups in total. The fourth-order valence-corrected chi connectivity index (χ4v) is 4.49. The van der Waals surface area contributed by atoms with E-state index in [1.54, 1.807) is 0 Å². The summed E-state index contributed by atoms with van der Waals surface area (Å²) in [4.78, 5) is -0.0501. The molecule has 0 amide bonds. The zero-order valence-corrected chi connectivity index (χ0v) is 12.8. The molecule has 1 aliphatic rings. The van der Waals surface area contributed by atoms with Crippen LogP contribution in [0.2, 0.25) is 5.02 Å². The van der Waals surface area contributed by atoms with E-state index >= 15 is 0 Å². The normalized spacial score (nSPS) is 22.7. The van der Waals surface area contributed by atoms with E-state index in [0.29, 0.717) is 13.1 Å². The Morgan fingerprint density at radius 2 is 2.20 bits per heavy atom. The van der Waals surface area contributed by atoms with Crippen LogP contribution in [0.1, 0.15) is 19.8 Å². The topological polar surface area (TPSA) is 63.4 Å². The molecule has 2 rings (SSSR count). The number of nitrogens with zero attached hydrogens (tertiary/aromatic N) is 1. The highest BCUT2D eigenvalue weighted by Gasteiger charge is 2.32. The lowest BCUT2D eigenvalue weighted by Gasteiger charge is -2.33. The van der Waals surface area contributed by atoms with Crippen molar-refractivity contribution in [2.75, 3.05) is 13.1 Å². The quantitative estimate of drug-likeness (QED) is 0.929. The fourth-order valence-electron chi connectivity index (χ4n) is 2.44. The number of halogens is 2. The Kier molecular flexibility index (Phi) is 4.69. The van der Waals surface area contributed by atoms with Gasteiger partial charge in [-0.1, -0.05) is 11.6 Å². The summed E-state index contributed by atoms with van der Waals surface area (Å²) in [6, 6.07) is 3.27. The third-order valence-corrected chi connectivity index (χ3v) is 6.02. The second kappa shape index (κ2) is 5.97. The monoisotopic (exact) mass is 320 g/mol. The Hall–Kier alpha value is -0.690. The number of hydrogen-bond acceptors (Lipinski definition) is 3. The minimum Gasteiger partial charge on any atom is -0.328 e. The van der Waals surface area contributed by atoms with Crippen molar-refractivity contribution in [3.05, 3.63) is 29.0 Å². The molecular formula is C13H18ClFN2O2S. The largest absolute Gasteiger partial charge is 0.328 e. The summed E-state index contributed by atoms with van der Waals surface area (Å²) in [5.41, 5.74) is 5.86. The van der Waals surface area contributed by atoms with Gasteiger partial charge in [0.1, 0.15) is 10.7 Å². The number of benzene rings is 1. The first-order chi connectivity index (χ1) is 9.32. The molecule has 4 nitrogen and oxygen atoms in total. The van der Waals surface area contributed by atoms with Gasteiger partial charge in [-0.25, -0.2) is 12.8 Å². The van der Waals surface area contributed by atoms with Gasteiger partial charge in [-0.15, -0.1) is 0 Å². The van der Waals surface area contributed by atoms with E-state index in [1.165, 1.54) is 10.4 Å². The van der Waals surface area contributed by atoms with Gasteiger partial charge >= 0.3 is 0 Å². The Morgan fingerprint density at radius 1 is 1.50 bits per heavy atom. The molecule has 1 aliphatic heterocycles. The lowest BCUT2D eigenvalue weighted by atomic mass is 9.93. The van der Waals surface area contributed by atoms with E-state index in [-0.39, 0.29) is 21.9 Å². The lowest BCUT2D eigenvalue weighted by molar-refractivity contribution is 0.243. The third-order valence-electron chi connectivity index (χ3n) is 3.68. The Labute approximate surface area is 123 Å². The zero-order chi connectivity index (χ0) is 14.9. The summed E-state index contributed by atoms with van der Waals surface area (Å²) in [6.07, 6.45) is 1.69. The van der Waals surface area contributed by atoms with Crippen LogP contribution in [0.5, 0.6) is 0 Å². The summed E-state index contributed by atoms with van der Waals surface area (Å²) in [5.74, 6) is -0.418. The van der Waals surface area contributed by atoms with Crippen molar-refractivity contribution >= 4 is 21.6 Å². The zero-order valence-electron chi connectivity index (χ0n) is 11.2. The van der Waals surface area contributed by atoms with Crippen LogP contribution in [0.15, 0.2) is 23.1 Å². The molecular weight excluding hydrogens is 303 g/mol. The van der Waals surface area contributed by atoms with Gasteiger partial charge in [0, 0.05) is 19.1 Å². The third kappa shape index (κ3) is 3.14. The Bertz CT molecular complexity index is 592. The molecule has 2 atom stereocenters. The highest BCUT2D eigenvalue weighted by atomic mass is 35.5. The molecule has 0 bridgehead atoms. The molecule has 1 aromatic rings. The second-order valence-electron chi connectivity index (χ2n) is 5.20. The molecule has 1 heterocycles. The van der Waals surface area contributed by atoms with Gasteiger partial charge in [-0.2, -0.15) is 4.31 Å². The van der Waals surface area contributed by atoms with Crippen LogP contribution in [0.4, 0.5) is 4.39 Å². The molecule has 1 saturated heterocycles. The van der Waals surface area contributed by atoms with Crippen LogP contribution in [0, 0.1) is 11.7 Å². The van der Waals surface area contributed by atoms with Gasteiger partial charge < -0.3 is 5.73 Å². The molecule has 0 aliphatic carbocycles. The molecule has 20 heavy (non-hydrogen) atoms. The Morgan fingerprint density at radius 3 is 2.80 bits per heavy atom. The summed E-state index contributed by atoms with van der Waals surface area (Å²) in [7, 11) is -3.70. The van der Waals surface area contributed by atoms with Crippen LogP contribution in [0.3, 0.4) is 0 Å². The maximum absolute atomic E-state index is 13.0. The predicted molar refractivity (Wildman–Crippen MR) is 76.5 cm³/mol. The first-order valence-electron chi connectivity index (χ1n) is 6.53. The van der Waals surface area contributed by atoms with Crippen molar-refractivity contribution in [3.63, 3.8) is 0 Å². The van der Waals surface area contributed by atoms with Gasteiger partial charge in [0.2, 0.25) is 10.0 Å². The average molecular weight is 321 g/mol. The van der Waals surface area contributed by atoms with E-state index in [1.807, 2.05) is 6.92 Å². The molecule has 0 saturated carbocycles. The summed E-state index contributed by atoms with van der Waals surface area (Å²) in [5, 5.41) is -0.0899. The van der Waals surface area contributed by atoms with Crippen molar-refractivity contribution in [3.8, 4) is 0 Å². The molecule has 112 valence electrons. The van der Waals surface area contributed by atoms with Crippen molar-refractivity contribution in [1.29, 1.82) is 0 Å². The summed E-state index contributed by atoms with van der Waals surface area (Å²) in [6.45, 7) is 2.71. The van der Waals surface area contributed by atoms with E-state index in [2.05, 4.69) is 0 Å². The van der Waals surface area contributed by atoms with Crippen molar-refractivity contribution in [2.24, 2.45) is 11.7 Å². The highest BCUT2D eigenvalue weighted by molar-refractivity contribution is 7.89. The summed E-state index contributed by atoms with van der Waals surface area (Å²) < 4.78 is 39.6. The minimum atomic E-state index is -3.70. The molecule has 1 aromatic carbocycles. The average Bonchev–Trinajstić information content (AvgIpc) is 2.38. The minimum absolute atomic E-state index is 0.0501. The van der Waals surface area contributed by atoms with Gasteiger partial charge in [-0.05, 0) is 43.9 Å². The number of hydrogen-bond donors (Lipinski definition) is 1. The van der Waals surface area contributed by atoms with Crippen LogP contribution in [-0.2, 0) is 10.0 Å². The second-order valence-corrected chi connectivity index (χ2v) is 7.51. The summed E-state index contributed by atoms with van der Waals surface area (Å²) >= 11 is 5.86. The standard InChI is InChI=1S/C13H18ClFN2O2S/c1-9(16)10-3-2-6-17(8-10)20(18,19)13-5-4-11(15)7-12(13)14/h4-5,7,9-10H,2-3,6,8,16H2,1H3/t9-,10+/m0/s1. The molecule has 0 aromatic heterocycles. The van der Waals surface area contributed by atoms with Crippen molar-refractivity contribution in [2.45, 2.75) is 30.7 Å². The van der Waals surface area contributed by atoms with Gasteiger partial charge in [0.25, 0.3) is 0 Å². The molecule has 0 unspecified atom stereocenters. The van der Waals surface area contributed by atoms with E-state index in [4.69, 9.17) is 17.3 Å². The van der Waals surface area contributed by atoms with E-state index in [0.717, 1.165) is 25.0 Å². The Balaban J connectivity index is 2.30. The number of sulfonamides is 1. The number of piperidine rings is 1. The smallest absolute Gasteiger partial charge is 0.244 e. The molecule has 7 heteroatoms. The molecule has 0 radical (unpaired) electrons. The van der Waals surface area contributed by atoms with Gasteiger partial charge in [-0.3, -0.25) is 0 Å². The maximum atomic E-state index is 13.0. The highest BCUT2D eigenvalue weighted by Crippen LogP contribution is 2.29. The van der Waals surface area contributed by atoms with Crippen LogP contribution < -0.4 is 5.73 Å². The van der Waals surface area contributed by atoms with Crippen molar-refractivity contribution < 1.29 is 12.8 Å². The van der Waals surface area contributed by atoms with Crippen LogP contribution >= 0.6 is 11.6 Å². The fraction of sp³-hybridized carbons (Fsp3) is 0.538. The van der Waals surface area contributed by atoms with E-state index in [9.17, 15) is 12.8 Å². The van der Waals surface area contributed by atoms with Crippen LogP contribution in [0.25, 0.3) is 0 Å². The maximum Gasteiger partial charge on any atom is 0.244 e. The first kappa shape index (κ1) is 15.7. The molecule has 0 spiro atoms. The molecule has 1 fully saturated rings. The first-order valence-corrected chi connectivity index (χ1v) is 8.35. The van der Waals surface area contributed by atoms with Crippen LogP contribution in [-0.4, -0.2) is 31.9 Å². The number of rotatable bonds is 3.